The van der Waals surface area contributed by atoms with Gasteiger partial charge in [0.05, 0.1) is 4.90 Å². The summed E-state index contributed by atoms with van der Waals surface area (Å²) in [5.41, 5.74) is 2.15. The summed E-state index contributed by atoms with van der Waals surface area (Å²) in [6, 6.07) is 15.6. The van der Waals surface area contributed by atoms with Crippen LogP contribution in [0.5, 0.6) is 0 Å². The van der Waals surface area contributed by atoms with Crippen LogP contribution in [0.1, 0.15) is 24.0 Å². The predicted molar refractivity (Wildman–Crippen MR) is 117 cm³/mol. The highest BCUT2D eigenvalue weighted by Crippen LogP contribution is 2.29. The van der Waals surface area contributed by atoms with Gasteiger partial charge >= 0.3 is 0 Å². The number of hydrogen-bond donors (Lipinski definition) is 0. The number of hydrogen-bond acceptors (Lipinski definition) is 5. The van der Waals surface area contributed by atoms with E-state index in [-0.39, 0.29) is 23.6 Å². The van der Waals surface area contributed by atoms with Gasteiger partial charge in [-0.3, -0.25) is 14.5 Å². The molecule has 0 radical (unpaired) electrons. The normalized spacial score (nSPS) is 20.3. The topological polar surface area (TPSA) is 78.0 Å². The number of aryl methyl sites for hydroxylation is 1. The number of carbonyl (C=O) groups excluding carboxylic acids is 2. The third-order valence-electron chi connectivity index (χ3n) is 5.96. The van der Waals surface area contributed by atoms with Crippen LogP contribution in [-0.2, 0) is 26.2 Å². The minimum Gasteiger partial charge on any atom is -0.338 e. The van der Waals surface area contributed by atoms with Gasteiger partial charge in [-0.05, 0) is 31.0 Å². The minimum absolute atomic E-state index is 0.0406. The third-order valence-corrected chi connectivity index (χ3v) is 7.80. The molecule has 2 fully saturated rings. The van der Waals surface area contributed by atoms with Crippen molar-refractivity contribution < 1.29 is 18.0 Å². The van der Waals surface area contributed by atoms with E-state index in [0.29, 0.717) is 26.2 Å². The Hall–Kier alpha value is -2.71. The second kappa shape index (κ2) is 8.80. The van der Waals surface area contributed by atoms with Crippen molar-refractivity contribution >= 4 is 21.8 Å². The highest BCUT2D eigenvalue weighted by atomic mass is 32.2. The molecule has 0 N–H and O–H groups in total. The van der Waals surface area contributed by atoms with Crippen LogP contribution < -0.4 is 0 Å². The monoisotopic (exact) mass is 441 g/mol. The number of amides is 2. The Labute approximate surface area is 183 Å². The van der Waals surface area contributed by atoms with Crippen LogP contribution in [0.25, 0.3) is 0 Å². The Morgan fingerprint density at radius 2 is 1.61 bits per heavy atom. The highest BCUT2D eigenvalue weighted by molar-refractivity contribution is 7.89. The zero-order valence-electron chi connectivity index (χ0n) is 17.6. The lowest BCUT2D eigenvalue weighted by molar-refractivity contribution is -0.139. The molecule has 2 aromatic carbocycles. The maximum atomic E-state index is 13.2. The number of nitrogens with zero attached hydrogens (tertiary/aromatic N) is 3. The fraction of sp³-hybridized carbons (Fsp3) is 0.391. The third kappa shape index (κ3) is 4.50. The molecule has 2 aliphatic heterocycles. The van der Waals surface area contributed by atoms with Gasteiger partial charge in [0.2, 0.25) is 11.8 Å². The van der Waals surface area contributed by atoms with Crippen LogP contribution in [0.3, 0.4) is 0 Å². The Morgan fingerprint density at radius 1 is 0.968 bits per heavy atom. The number of benzene rings is 2. The van der Waals surface area contributed by atoms with Crippen molar-refractivity contribution in [3.05, 3.63) is 65.7 Å². The summed E-state index contributed by atoms with van der Waals surface area (Å²) >= 11 is 0. The van der Waals surface area contributed by atoms with Gasteiger partial charge in [-0.1, -0.05) is 48.0 Å². The van der Waals surface area contributed by atoms with Crippen molar-refractivity contribution in [1.29, 1.82) is 0 Å². The van der Waals surface area contributed by atoms with Gasteiger partial charge in [-0.2, -0.15) is 0 Å². The molecule has 0 aromatic heterocycles. The molecule has 2 amide bonds. The van der Waals surface area contributed by atoms with Crippen LogP contribution >= 0.6 is 0 Å². The first-order valence-electron chi connectivity index (χ1n) is 10.6. The molecule has 164 valence electrons. The molecule has 0 saturated carbocycles. The average molecular weight is 442 g/mol. The van der Waals surface area contributed by atoms with Crippen molar-refractivity contribution in [1.82, 2.24) is 14.1 Å². The van der Waals surface area contributed by atoms with Crippen LogP contribution in [-0.4, -0.2) is 66.6 Å². The van der Waals surface area contributed by atoms with Gasteiger partial charge in [0.25, 0.3) is 10.0 Å². The van der Waals surface area contributed by atoms with Gasteiger partial charge < -0.3 is 4.90 Å². The summed E-state index contributed by atoms with van der Waals surface area (Å²) < 4.78 is 27.1. The van der Waals surface area contributed by atoms with Gasteiger partial charge in [0.15, 0.2) is 0 Å². The Kier molecular flexibility index (Phi) is 6.11. The molecule has 0 aliphatic carbocycles. The van der Waals surface area contributed by atoms with Crippen LogP contribution in [0.15, 0.2) is 59.5 Å². The lowest BCUT2D eigenvalue weighted by Crippen LogP contribution is -2.54. The quantitative estimate of drug-likeness (QED) is 0.710. The zero-order valence-corrected chi connectivity index (χ0v) is 18.4. The van der Waals surface area contributed by atoms with E-state index in [0.717, 1.165) is 16.4 Å². The fourth-order valence-corrected chi connectivity index (χ4v) is 5.79. The number of sulfonamides is 1. The zero-order chi connectivity index (χ0) is 22.0. The summed E-state index contributed by atoms with van der Waals surface area (Å²) in [5, 5.41) is 0. The van der Waals surface area contributed by atoms with Crippen molar-refractivity contribution in [3.8, 4) is 0 Å². The first-order valence-corrected chi connectivity index (χ1v) is 12.0. The largest absolute Gasteiger partial charge is 0.338 e. The molecule has 2 heterocycles. The summed E-state index contributed by atoms with van der Waals surface area (Å²) in [4.78, 5) is 29.7. The second-order valence-corrected chi connectivity index (χ2v) is 9.96. The summed E-state index contributed by atoms with van der Waals surface area (Å²) in [6.07, 6.45) is 0.294. The van der Waals surface area contributed by atoms with E-state index in [9.17, 15) is 18.0 Å². The number of piperazine rings is 1. The van der Waals surface area contributed by atoms with Crippen molar-refractivity contribution in [2.75, 3.05) is 26.2 Å². The summed E-state index contributed by atoms with van der Waals surface area (Å²) in [7, 11) is -4.06. The Bertz CT molecular complexity index is 1050. The van der Waals surface area contributed by atoms with Crippen LogP contribution in [0, 0.1) is 6.92 Å². The van der Waals surface area contributed by atoms with Gasteiger partial charge in [0, 0.05) is 39.1 Å². The van der Waals surface area contributed by atoms with Gasteiger partial charge in [-0.15, -0.1) is 0 Å². The van der Waals surface area contributed by atoms with Gasteiger partial charge in [0.1, 0.15) is 6.04 Å². The molecule has 0 spiro atoms. The maximum absolute atomic E-state index is 13.2. The molecule has 4 rings (SSSR count). The molecule has 0 unspecified atom stereocenters. The molecule has 2 saturated heterocycles. The Morgan fingerprint density at radius 3 is 2.26 bits per heavy atom. The number of carbonyl (C=O) groups is 2. The first kappa shape index (κ1) is 21.5. The molecule has 1 atom stereocenters. The highest BCUT2D eigenvalue weighted by Gasteiger charge is 2.45. The first-order chi connectivity index (χ1) is 14.9. The predicted octanol–water partition coefficient (Wildman–Crippen LogP) is 2.02. The fourth-order valence-electron chi connectivity index (χ4n) is 4.19. The molecular weight excluding hydrogens is 414 g/mol. The van der Waals surface area contributed by atoms with E-state index in [1.165, 1.54) is 17.7 Å². The molecule has 0 bridgehead atoms. The van der Waals surface area contributed by atoms with Crippen molar-refractivity contribution in [3.63, 3.8) is 0 Å². The Balaban J connectivity index is 1.44. The lowest BCUT2D eigenvalue weighted by Gasteiger charge is -2.37. The van der Waals surface area contributed by atoms with Crippen molar-refractivity contribution in [2.45, 2.75) is 37.2 Å². The SMILES string of the molecule is Cc1ccc(S(=O)(=O)N2C(=O)CC[C@@H]2C(=O)N2CCN(Cc3ccccc3)CC2)cc1. The van der Waals surface area contributed by atoms with E-state index in [2.05, 4.69) is 17.0 Å². The van der Waals surface area contributed by atoms with Crippen LogP contribution in [0.4, 0.5) is 0 Å². The van der Waals surface area contributed by atoms with E-state index >= 15 is 0 Å². The standard InChI is InChI=1S/C23H27N3O4S/c1-18-7-9-20(10-8-18)31(29,30)26-21(11-12-22(26)27)23(28)25-15-13-24(14-16-25)17-19-5-3-2-4-6-19/h2-10,21H,11-17H2,1H3/t21-/m1/s1. The van der Waals surface area contributed by atoms with Gasteiger partial charge in [-0.25, -0.2) is 12.7 Å². The smallest absolute Gasteiger partial charge is 0.267 e. The van der Waals surface area contributed by atoms with Crippen LogP contribution in [0.2, 0.25) is 0 Å². The molecule has 8 heteroatoms. The van der Waals surface area contributed by atoms with Crippen molar-refractivity contribution in [2.24, 2.45) is 0 Å². The molecule has 2 aromatic rings. The second-order valence-electron chi connectivity index (χ2n) is 8.15. The van der Waals surface area contributed by atoms with E-state index < -0.39 is 22.0 Å². The minimum atomic E-state index is -4.06. The average Bonchev–Trinajstić information content (AvgIpc) is 3.17. The summed E-state index contributed by atoms with van der Waals surface area (Å²) in [5.74, 6) is -0.789. The van der Waals surface area contributed by atoms with E-state index in [4.69, 9.17) is 0 Å². The maximum Gasteiger partial charge on any atom is 0.267 e. The lowest BCUT2D eigenvalue weighted by atomic mass is 10.1. The van der Waals surface area contributed by atoms with E-state index in [1.807, 2.05) is 25.1 Å². The number of rotatable bonds is 5. The summed E-state index contributed by atoms with van der Waals surface area (Å²) in [6.45, 7) is 5.15. The molecular formula is C23H27N3O4S. The van der Waals surface area contributed by atoms with E-state index in [1.54, 1.807) is 17.0 Å². The molecule has 2 aliphatic rings. The molecule has 31 heavy (non-hydrogen) atoms. The molecule has 7 nitrogen and oxygen atoms in total.